The molecule has 0 aliphatic rings. The van der Waals surface area contributed by atoms with Gasteiger partial charge in [0.1, 0.15) is 25.9 Å². The second-order valence-electron chi connectivity index (χ2n) is 5.19. The van der Waals surface area contributed by atoms with Crippen LogP contribution in [0.15, 0.2) is 54.1 Å². The van der Waals surface area contributed by atoms with Gasteiger partial charge < -0.3 is 57.9 Å². The first-order valence-corrected chi connectivity index (χ1v) is 7.22. The highest BCUT2D eigenvalue weighted by molar-refractivity contribution is 5.88. The van der Waals surface area contributed by atoms with Gasteiger partial charge in [0, 0.05) is 18.2 Å². The van der Waals surface area contributed by atoms with Crippen LogP contribution in [0.1, 0.15) is 29.9 Å². The number of rotatable bonds is 3. The molecule has 0 saturated heterocycles. The molecule has 0 bridgehead atoms. The van der Waals surface area contributed by atoms with Gasteiger partial charge in [-0.25, -0.2) is 13.9 Å². The average molecular weight is 571 g/mol. The number of hydrogen-bond acceptors (Lipinski definition) is 4. The maximum absolute atomic E-state index is 11.4. The number of aromatic nitrogens is 2. The average Bonchev–Trinajstić information content (AvgIpc) is 2.50. The van der Waals surface area contributed by atoms with Gasteiger partial charge in [0.2, 0.25) is 5.69 Å². The Kier molecular flexibility index (Phi) is 14.5. The molecule has 138 valence electrons. The molecule has 1 N–H and O–H groups in total. The minimum Gasteiger partial charge on any atom is -1.00 e. The summed E-state index contributed by atoms with van der Waals surface area (Å²) >= 11 is 0. The van der Waals surface area contributed by atoms with Crippen molar-refractivity contribution in [3.05, 3.63) is 60.2 Å². The Balaban J connectivity index is 0. The van der Waals surface area contributed by atoms with Crippen molar-refractivity contribution in [1.29, 1.82) is 0 Å². The molecule has 0 atom stereocenters. The van der Waals surface area contributed by atoms with E-state index in [0.717, 1.165) is 5.69 Å². The van der Waals surface area contributed by atoms with Crippen LogP contribution in [0.25, 0.3) is 0 Å². The van der Waals surface area contributed by atoms with Crippen molar-refractivity contribution in [2.24, 2.45) is 19.3 Å². The lowest BCUT2D eigenvalue weighted by Crippen LogP contribution is -3.00. The van der Waals surface area contributed by atoms with E-state index in [2.05, 4.69) is 5.16 Å². The van der Waals surface area contributed by atoms with Gasteiger partial charge in [-0.1, -0.05) is 5.16 Å². The number of hydrogen-bond donors (Lipinski definition) is 1. The third-order valence-electron chi connectivity index (χ3n) is 2.80. The highest BCUT2D eigenvalue weighted by Crippen LogP contribution is 2.00. The Morgan fingerprint density at radius 3 is 2.36 bits per heavy atom. The Morgan fingerprint density at radius 2 is 1.84 bits per heavy atom. The minimum atomic E-state index is -0.272. The molecular weight excluding hydrogens is 548 g/mol. The largest absolute Gasteiger partial charge is 1.00 e. The second kappa shape index (κ2) is 13.9. The van der Waals surface area contributed by atoms with Crippen molar-refractivity contribution in [3.63, 3.8) is 0 Å². The monoisotopic (exact) mass is 571 g/mol. The van der Waals surface area contributed by atoms with Gasteiger partial charge in [-0.3, -0.25) is 0 Å². The lowest BCUT2D eigenvalue weighted by molar-refractivity contribution is -0.672. The predicted molar refractivity (Wildman–Crippen MR) is 85.2 cm³/mol. The molecule has 0 aromatic carbocycles. The van der Waals surface area contributed by atoms with E-state index in [0.29, 0.717) is 5.56 Å². The molecule has 0 saturated carbocycles. The molecule has 0 amide bonds. The number of carbonyl (C=O) groups is 1. The van der Waals surface area contributed by atoms with Crippen LogP contribution < -0.4 is 57.1 Å². The summed E-state index contributed by atoms with van der Waals surface area (Å²) in [5, 5.41) is 11.1. The first-order chi connectivity index (χ1) is 10.9. The Labute approximate surface area is 182 Å². The van der Waals surface area contributed by atoms with E-state index in [-0.39, 0.29) is 60.0 Å². The van der Waals surface area contributed by atoms with Gasteiger partial charge in [-0.2, -0.15) is 0 Å². The summed E-state index contributed by atoms with van der Waals surface area (Å²) in [6, 6.07) is 9.22. The normalized spacial score (nSPS) is 9.48. The maximum Gasteiger partial charge on any atom is 0.344 e. The molecule has 2 rings (SSSR count). The molecule has 0 unspecified atom stereocenters. The Morgan fingerprint density at radius 1 is 1.16 bits per heavy atom. The smallest absolute Gasteiger partial charge is 0.344 e. The molecule has 6 nitrogen and oxygen atoms in total. The van der Waals surface area contributed by atoms with Crippen LogP contribution in [0.5, 0.6) is 0 Å². The number of pyridine rings is 2. The summed E-state index contributed by atoms with van der Waals surface area (Å²) in [6.07, 6.45) is 6.81. The van der Waals surface area contributed by atoms with Crippen molar-refractivity contribution >= 4 is 12.2 Å². The molecule has 25 heavy (non-hydrogen) atoms. The van der Waals surface area contributed by atoms with E-state index in [1.807, 2.05) is 73.7 Å². The Hall–Kier alpha value is -1.30. The number of halogens is 2. The topological polar surface area (TPSA) is 66.7 Å². The van der Waals surface area contributed by atoms with Crippen molar-refractivity contribution < 1.29 is 71.8 Å². The van der Waals surface area contributed by atoms with E-state index in [1.165, 1.54) is 6.21 Å². The first kappa shape index (κ1) is 25.9. The number of aryl methyl sites for hydroxylation is 2. The van der Waals surface area contributed by atoms with Gasteiger partial charge in [-0.15, -0.1) is 0 Å². The predicted octanol–water partition coefficient (Wildman–Crippen LogP) is -4.60. The number of oxime groups is 1. The van der Waals surface area contributed by atoms with E-state index < -0.39 is 0 Å². The number of esters is 1. The molecule has 2 aromatic rings. The van der Waals surface area contributed by atoms with Crippen molar-refractivity contribution in [3.8, 4) is 0 Å². The van der Waals surface area contributed by atoms with Gasteiger partial charge in [0.15, 0.2) is 18.6 Å². The van der Waals surface area contributed by atoms with Gasteiger partial charge >= 0.3 is 5.97 Å². The van der Waals surface area contributed by atoms with E-state index in [9.17, 15) is 4.79 Å². The number of carbonyl (C=O) groups excluding carboxylic acids is 1. The summed E-state index contributed by atoms with van der Waals surface area (Å²) in [5.74, 6) is -0.272. The Bertz CT molecular complexity index is 680. The standard InChI is InChI=1S/C10H14NO2.C7H8N2O.2HI/c1-8(2)13-10(12)9-5-4-6-11(3)7-9;1-9-5-3-2-4-7(9)6-8-10;;/h4-8H,1-3H3;2-6H,1H3;2*1H/q+1;;;/p-1. The first-order valence-electron chi connectivity index (χ1n) is 7.22. The molecular formula is C17H23I2N3O3. The summed E-state index contributed by atoms with van der Waals surface area (Å²) in [7, 11) is 3.75. The zero-order chi connectivity index (χ0) is 17.2. The van der Waals surface area contributed by atoms with Crippen LogP contribution in [0.4, 0.5) is 0 Å². The fourth-order valence-electron chi connectivity index (χ4n) is 1.72. The molecule has 2 aromatic heterocycles. The van der Waals surface area contributed by atoms with E-state index in [1.54, 1.807) is 12.3 Å². The highest BCUT2D eigenvalue weighted by Gasteiger charge is 2.11. The number of nitrogens with zero attached hydrogens (tertiary/aromatic N) is 3. The summed E-state index contributed by atoms with van der Waals surface area (Å²) in [6.45, 7) is 3.67. The molecule has 0 spiro atoms. The highest BCUT2D eigenvalue weighted by atomic mass is 127. The molecule has 2 heterocycles. The summed E-state index contributed by atoms with van der Waals surface area (Å²) in [5.41, 5.74) is 1.45. The molecule has 0 fully saturated rings. The lowest BCUT2D eigenvalue weighted by atomic mass is 10.3. The van der Waals surface area contributed by atoms with Gasteiger partial charge in [0.05, 0.1) is 6.10 Å². The summed E-state index contributed by atoms with van der Waals surface area (Å²) in [4.78, 5) is 11.4. The van der Waals surface area contributed by atoms with Crippen LogP contribution in [0, 0.1) is 0 Å². The minimum absolute atomic E-state index is 0. The molecule has 8 heteroatoms. The fourth-order valence-corrected chi connectivity index (χ4v) is 1.72. The van der Waals surface area contributed by atoms with Crippen LogP contribution in [-0.4, -0.2) is 23.5 Å². The molecule has 0 aliphatic heterocycles. The van der Waals surface area contributed by atoms with E-state index >= 15 is 0 Å². The van der Waals surface area contributed by atoms with E-state index in [4.69, 9.17) is 9.94 Å². The van der Waals surface area contributed by atoms with Crippen molar-refractivity contribution in [2.75, 3.05) is 0 Å². The zero-order valence-electron chi connectivity index (χ0n) is 14.6. The van der Waals surface area contributed by atoms with Crippen LogP contribution >= 0.6 is 0 Å². The van der Waals surface area contributed by atoms with Crippen molar-refractivity contribution in [2.45, 2.75) is 20.0 Å². The van der Waals surface area contributed by atoms with Crippen LogP contribution in [0.3, 0.4) is 0 Å². The van der Waals surface area contributed by atoms with Gasteiger partial charge in [-0.05, 0) is 26.0 Å². The second-order valence-corrected chi connectivity index (χ2v) is 5.19. The summed E-state index contributed by atoms with van der Waals surface area (Å²) < 4.78 is 8.72. The fraction of sp³-hybridized carbons (Fsp3) is 0.294. The lowest BCUT2D eigenvalue weighted by Gasteiger charge is -2.06. The quantitative estimate of drug-likeness (QED) is 0.101. The van der Waals surface area contributed by atoms with Crippen LogP contribution in [-0.2, 0) is 18.8 Å². The van der Waals surface area contributed by atoms with Crippen molar-refractivity contribution in [1.82, 2.24) is 0 Å². The third kappa shape index (κ3) is 10.3. The van der Waals surface area contributed by atoms with Gasteiger partial charge in [0.25, 0.3) is 0 Å². The SMILES string of the molecule is CC(C)OC(=O)c1ccc[n+](C)c1.C[n+]1ccccc1C=NO.[I-].[I-]. The maximum atomic E-state index is 11.4. The van der Waals surface area contributed by atoms with Crippen LogP contribution in [0.2, 0.25) is 0 Å². The molecule has 0 aliphatic carbocycles. The zero-order valence-corrected chi connectivity index (χ0v) is 18.9. The molecule has 0 radical (unpaired) electrons. The number of ether oxygens (including phenoxy) is 1. The third-order valence-corrected chi connectivity index (χ3v) is 2.80.